The van der Waals surface area contributed by atoms with Crippen molar-refractivity contribution in [2.24, 2.45) is 11.7 Å². The third-order valence-corrected chi connectivity index (χ3v) is 4.87. The Balaban J connectivity index is 2.08. The number of nitrogens with two attached hydrogens (primary N) is 1. The predicted molar refractivity (Wildman–Crippen MR) is 74.2 cm³/mol. The van der Waals surface area contributed by atoms with Crippen molar-refractivity contribution in [1.29, 1.82) is 0 Å². The van der Waals surface area contributed by atoms with Crippen molar-refractivity contribution in [2.45, 2.75) is 45.6 Å². The molecular formula is C14H19NO3S. The molecule has 1 aliphatic carbocycles. The molecule has 0 unspecified atom stereocenters. The number of hydrogen-bond donors (Lipinski definition) is 1. The second kappa shape index (κ2) is 5.74. The van der Waals surface area contributed by atoms with E-state index >= 15 is 0 Å². The number of hydrogen-bond acceptors (Lipinski definition) is 4. The van der Waals surface area contributed by atoms with Crippen LogP contribution in [0.5, 0.6) is 0 Å². The number of ether oxygens (including phenoxy) is 1. The van der Waals surface area contributed by atoms with Gasteiger partial charge in [0.2, 0.25) is 0 Å². The van der Waals surface area contributed by atoms with Gasteiger partial charge in [-0.3, -0.25) is 4.79 Å². The number of thiophene rings is 1. The third-order valence-electron chi connectivity index (χ3n) is 3.65. The normalized spacial score (nSPS) is 19.6. The van der Waals surface area contributed by atoms with Gasteiger partial charge in [0.25, 0.3) is 5.91 Å². The van der Waals surface area contributed by atoms with Crippen LogP contribution in [0.15, 0.2) is 6.07 Å². The summed E-state index contributed by atoms with van der Waals surface area (Å²) in [5, 5.41) is 0. The van der Waals surface area contributed by atoms with E-state index in [1.165, 1.54) is 41.5 Å². The zero-order valence-electron chi connectivity index (χ0n) is 11.3. The first kappa shape index (κ1) is 14.1. The lowest BCUT2D eigenvalue weighted by atomic mass is 9.87. The van der Waals surface area contributed by atoms with Gasteiger partial charge in [0.15, 0.2) is 6.10 Å². The molecule has 1 aliphatic rings. The van der Waals surface area contributed by atoms with Gasteiger partial charge in [0.1, 0.15) is 4.88 Å². The van der Waals surface area contributed by atoms with Crippen LogP contribution in [0, 0.1) is 5.92 Å². The molecule has 0 saturated carbocycles. The number of carbonyl (C=O) groups is 2. The predicted octanol–water partition coefficient (Wildman–Crippen LogP) is 2.29. The van der Waals surface area contributed by atoms with Gasteiger partial charge in [-0.05, 0) is 43.7 Å². The lowest BCUT2D eigenvalue weighted by molar-refractivity contribution is -0.125. The zero-order valence-corrected chi connectivity index (χ0v) is 12.1. The van der Waals surface area contributed by atoms with Crippen LogP contribution in [0.4, 0.5) is 0 Å². The first-order valence-corrected chi connectivity index (χ1v) is 7.44. The average Bonchev–Trinajstić information content (AvgIpc) is 2.81. The van der Waals surface area contributed by atoms with Crippen LogP contribution in [0.1, 0.15) is 46.8 Å². The van der Waals surface area contributed by atoms with Crippen molar-refractivity contribution in [3.63, 3.8) is 0 Å². The molecule has 2 atom stereocenters. The summed E-state index contributed by atoms with van der Waals surface area (Å²) in [6.07, 6.45) is 3.57. The molecule has 19 heavy (non-hydrogen) atoms. The summed E-state index contributed by atoms with van der Waals surface area (Å²) in [6, 6.07) is 1.91. The molecule has 1 aromatic rings. The van der Waals surface area contributed by atoms with E-state index in [1.807, 2.05) is 6.07 Å². The molecule has 0 radical (unpaired) electrons. The Labute approximate surface area is 116 Å². The van der Waals surface area contributed by atoms with Crippen molar-refractivity contribution in [3.05, 3.63) is 21.4 Å². The Kier molecular flexibility index (Phi) is 4.24. The van der Waals surface area contributed by atoms with E-state index in [4.69, 9.17) is 10.5 Å². The Hall–Kier alpha value is -1.36. The summed E-state index contributed by atoms with van der Waals surface area (Å²) in [5.74, 6) is -0.352. The van der Waals surface area contributed by atoms with Crippen molar-refractivity contribution >= 4 is 23.2 Å². The standard InChI is InChI=1S/C14H19NO3S/c1-3-9-4-5-11-10(6-9)7-12(19-11)14(17)18-8(2)13(15)16/h7-9H,3-6H2,1-2H3,(H2,15,16)/t8-,9+/m1/s1. The molecule has 4 nitrogen and oxygen atoms in total. The molecule has 0 aliphatic heterocycles. The van der Waals surface area contributed by atoms with Gasteiger partial charge in [0, 0.05) is 4.88 Å². The molecular weight excluding hydrogens is 262 g/mol. The Morgan fingerprint density at radius 3 is 2.95 bits per heavy atom. The summed E-state index contributed by atoms with van der Waals surface area (Å²) in [7, 11) is 0. The molecule has 0 fully saturated rings. The highest BCUT2D eigenvalue weighted by molar-refractivity contribution is 7.14. The van der Waals surface area contributed by atoms with Gasteiger partial charge in [-0.25, -0.2) is 4.79 Å². The number of rotatable bonds is 4. The average molecular weight is 281 g/mol. The number of aryl methyl sites for hydroxylation is 1. The van der Waals surface area contributed by atoms with Crippen LogP contribution in [0.3, 0.4) is 0 Å². The number of esters is 1. The lowest BCUT2D eigenvalue weighted by Crippen LogP contribution is -2.30. The quantitative estimate of drug-likeness (QED) is 0.861. The molecule has 0 spiro atoms. The highest BCUT2D eigenvalue weighted by Gasteiger charge is 2.24. The maximum absolute atomic E-state index is 11.9. The summed E-state index contributed by atoms with van der Waals surface area (Å²) in [4.78, 5) is 24.7. The van der Waals surface area contributed by atoms with Crippen LogP contribution in [-0.4, -0.2) is 18.0 Å². The van der Waals surface area contributed by atoms with E-state index in [9.17, 15) is 9.59 Å². The second-order valence-corrected chi connectivity index (χ2v) is 6.16. The highest BCUT2D eigenvalue weighted by atomic mass is 32.1. The summed E-state index contributed by atoms with van der Waals surface area (Å²) in [5.41, 5.74) is 6.35. The second-order valence-electron chi connectivity index (χ2n) is 5.03. The minimum absolute atomic E-state index is 0.446. The summed E-state index contributed by atoms with van der Waals surface area (Å²) >= 11 is 1.48. The van der Waals surface area contributed by atoms with Gasteiger partial charge in [-0.15, -0.1) is 11.3 Å². The molecule has 5 heteroatoms. The maximum Gasteiger partial charge on any atom is 0.349 e. The molecule has 1 aromatic heterocycles. The topological polar surface area (TPSA) is 69.4 Å². The SMILES string of the molecule is CC[C@H]1CCc2sc(C(=O)O[C@H](C)C(N)=O)cc2C1. The van der Waals surface area contributed by atoms with Gasteiger partial charge in [0.05, 0.1) is 0 Å². The van der Waals surface area contributed by atoms with E-state index < -0.39 is 18.0 Å². The third kappa shape index (κ3) is 3.15. The van der Waals surface area contributed by atoms with Crippen molar-refractivity contribution in [3.8, 4) is 0 Å². The summed E-state index contributed by atoms with van der Waals surface area (Å²) in [6.45, 7) is 3.69. The van der Waals surface area contributed by atoms with Crippen LogP contribution in [0.2, 0.25) is 0 Å². The Bertz CT molecular complexity index is 495. The number of fused-ring (bicyclic) bond motifs is 1. The highest BCUT2D eigenvalue weighted by Crippen LogP contribution is 2.33. The molecule has 0 saturated heterocycles. The fourth-order valence-corrected chi connectivity index (χ4v) is 3.42. The van der Waals surface area contributed by atoms with Crippen LogP contribution < -0.4 is 5.73 Å². The number of carbonyl (C=O) groups excluding carboxylic acids is 2. The van der Waals surface area contributed by atoms with Crippen LogP contribution in [0.25, 0.3) is 0 Å². The van der Waals surface area contributed by atoms with Crippen molar-refractivity contribution in [2.75, 3.05) is 0 Å². The van der Waals surface area contributed by atoms with Crippen molar-refractivity contribution < 1.29 is 14.3 Å². The number of amides is 1. The van der Waals surface area contributed by atoms with Crippen LogP contribution >= 0.6 is 11.3 Å². The Morgan fingerprint density at radius 2 is 2.32 bits per heavy atom. The van der Waals surface area contributed by atoms with E-state index in [-0.39, 0.29) is 0 Å². The molecule has 2 N–H and O–H groups in total. The van der Waals surface area contributed by atoms with E-state index in [2.05, 4.69) is 6.92 Å². The minimum atomic E-state index is -0.880. The number of primary amides is 1. The zero-order chi connectivity index (χ0) is 14.0. The van der Waals surface area contributed by atoms with Crippen LogP contribution in [-0.2, 0) is 22.4 Å². The lowest BCUT2D eigenvalue weighted by Gasteiger charge is -2.19. The first-order valence-electron chi connectivity index (χ1n) is 6.63. The molecule has 0 bridgehead atoms. The first-order chi connectivity index (χ1) is 9.01. The van der Waals surface area contributed by atoms with Gasteiger partial charge >= 0.3 is 5.97 Å². The Morgan fingerprint density at radius 1 is 1.58 bits per heavy atom. The van der Waals surface area contributed by atoms with E-state index in [0.717, 1.165) is 18.8 Å². The van der Waals surface area contributed by atoms with Gasteiger partial charge in [-0.1, -0.05) is 13.3 Å². The minimum Gasteiger partial charge on any atom is -0.448 e. The summed E-state index contributed by atoms with van der Waals surface area (Å²) < 4.78 is 5.03. The van der Waals surface area contributed by atoms with Gasteiger partial charge < -0.3 is 10.5 Å². The molecule has 1 amide bonds. The maximum atomic E-state index is 11.9. The molecule has 104 valence electrons. The van der Waals surface area contributed by atoms with Crippen molar-refractivity contribution in [1.82, 2.24) is 0 Å². The molecule has 0 aromatic carbocycles. The molecule has 1 heterocycles. The fourth-order valence-electron chi connectivity index (χ4n) is 2.32. The smallest absolute Gasteiger partial charge is 0.349 e. The largest absolute Gasteiger partial charge is 0.448 e. The van der Waals surface area contributed by atoms with Gasteiger partial charge in [-0.2, -0.15) is 0 Å². The fraction of sp³-hybridized carbons (Fsp3) is 0.571. The monoisotopic (exact) mass is 281 g/mol. The van der Waals surface area contributed by atoms with E-state index in [1.54, 1.807) is 0 Å². The van der Waals surface area contributed by atoms with E-state index in [0.29, 0.717) is 4.88 Å². The molecule has 2 rings (SSSR count).